The molecule has 1 aliphatic heterocycles. The van der Waals surface area contributed by atoms with Crippen LogP contribution in [-0.2, 0) is 11.8 Å². The van der Waals surface area contributed by atoms with Crippen LogP contribution in [0.2, 0.25) is 0 Å². The number of nitrogens with one attached hydrogen (secondary N) is 1. The normalized spacial score (nSPS) is 14.0. The highest BCUT2D eigenvalue weighted by Gasteiger charge is 2.15. The van der Waals surface area contributed by atoms with Crippen LogP contribution in [0.4, 0.5) is 11.8 Å². The quantitative estimate of drug-likeness (QED) is 0.533. The summed E-state index contributed by atoms with van der Waals surface area (Å²) in [7, 11) is 1.98. The fourth-order valence-electron chi connectivity index (χ4n) is 3.71. The standard InChI is InChI=1S/C23H23N7O2/c1-15-25-14-20(29(15)2)16-3-4-18-13-26-23(27-19(18)11-16)28-22(31)17-5-6-24-21(12-17)30-7-9-32-10-8-30/h3-6,11-14H,7-10H2,1-2H3,(H,26,27,28,31). The van der Waals surface area contributed by atoms with Gasteiger partial charge in [-0.25, -0.2) is 19.9 Å². The monoisotopic (exact) mass is 429 g/mol. The molecule has 4 heterocycles. The van der Waals surface area contributed by atoms with Crippen LogP contribution in [0.3, 0.4) is 0 Å². The molecule has 0 radical (unpaired) electrons. The number of anilines is 2. The van der Waals surface area contributed by atoms with Crippen LogP contribution in [0.1, 0.15) is 16.2 Å². The first-order chi connectivity index (χ1) is 15.6. The van der Waals surface area contributed by atoms with Gasteiger partial charge in [0.05, 0.1) is 30.6 Å². The van der Waals surface area contributed by atoms with Gasteiger partial charge < -0.3 is 14.2 Å². The number of pyridine rings is 1. The third-order valence-corrected chi connectivity index (χ3v) is 5.67. The topological polar surface area (TPSA) is 98.1 Å². The third kappa shape index (κ3) is 3.90. The zero-order chi connectivity index (χ0) is 22.1. The SMILES string of the molecule is Cc1ncc(-c2ccc3cnc(NC(=O)c4ccnc(N5CCOCC5)c4)nc3c2)n1C. The van der Waals surface area contributed by atoms with Gasteiger partial charge in [-0.15, -0.1) is 0 Å². The number of hydrogen-bond donors (Lipinski definition) is 1. The zero-order valence-corrected chi connectivity index (χ0v) is 17.9. The highest BCUT2D eigenvalue weighted by atomic mass is 16.5. The molecule has 1 aromatic carbocycles. The van der Waals surface area contributed by atoms with E-state index in [1.54, 1.807) is 24.5 Å². The molecule has 0 spiro atoms. The minimum atomic E-state index is -0.278. The van der Waals surface area contributed by atoms with E-state index in [4.69, 9.17) is 4.74 Å². The summed E-state index contributed by atoms with van der Waals surface area (Å²) in [6.07, 6.45) is 5.20. The Morgan fingerprint density at radius 1 is 1.06 bits per heavy atom. The molecular weight excluding hydrogens is 406 g/mol. The molecule has 0 bridgehead atoms. The molecule has 0 unspecified atom stereocenters. The number of fused-ring (bicyclic) bond motifs is 1. The molecule has 0 saturated carbocycles. The first-order valence-corrected chi connectivity index (χ1v) is 10.4. The predicted molar refractivity (Wildman–Crippen MR) is 122 cm³/mol. The van der Waals surface area contributed by atoms with Crippen LogP contribution in [0.25, 0.3) is 22.2 Å². The number of rotatable bonds is 4. The largest absolute Gasteiger partial charge is 0.378 e. The summed E-state index contributed by atoms with van der Waals surface area (Å²) in [5.41, 5.74) is 3.25. The van der Waals surface area contributed by atoms with E-state index in [2.05, 4.69) is 30.2 Å². The van der Waals surface area contributed by atoms with E-state index in [0.29, 0.717) is 18.8 Å². The number of ether oxygens (including phenoxy) is 1. The van der Waals surface area contributed by atoms with Gasteiger partial charge in [-0.3, -0.25) is 10.1 Å². The van der Waals surface area contributed by atoms with Gasteiger partial charge in [0.1, 0.15) is 11.6 Å². The smallest absolute Gasteiger partial charge is 0.258 e. The number of aryl methyl sites for hydroxylation is 1. The van der Waals surface area contributed by atoms with Crippen molar-refractivity contribution in [2.24, 2.45) is 7.05 Å². The van der Waals surface area contributed by atoms with Crippen molar-refractivity contribution in [1.82, 2.24) is 24.5 Å². The summed E-state index contributed by atoms with van der Waals surface area (Å²) in [5, 5.41) is 3.70. The van der Waals surface area contributed by atoms with E-state index in [0.717, 1.165) is 46.9 Å². The second-order valence-electron chi connectivity index (χ2n) is 7.67. The first kappa shape index (κ1) is 20.1. The molecule has 0 aliphatic carbocycles. The van der Waals surface area contributed by atoms with Crippen molar-refractivity contribution >= 4 is 28.6 Å². The molecule has 162 valence electrons. The summed E-state index contributed by atoms with van der Waals surface area (Å²) in [5.74, 6) is 1.67. The average molecular weight is 429 g/mol. The van der Waals surface area contributed by atoms with E-state index in [1.807, 2.05) is 42.9 Å². The van der Waals surface area contributed by atoms with E-state index in [9.17, 15) is 4.79 Å². The minimum absolute atomic E-state index is 0.255. The Kier molecular flexibility index (Phi) is 5.24. The number of amides is 1. The maximum Gasteiger partial charge on any atom is 0.258 e. The molecule has 1 saturated heterocycles. The molecule has 3 aromatic heterocycles. The molecule has 1 N–H and O–H groups in total. The van der Waals surface area contributed by atoms with Crippen molar-refractivity contribution in [3.63, 3.8) is 0 Å². The second-order valence-corrected chi connectivity index (χ2v) is 7.67. The molecule has 1 amide bonds. The Morgan fingerprint density at radius 2 is 1.91 bits per heavy atom. The number of benzene rings is 1. The Hall–Kier alpha value is -3.85. The Bertz CT molecular complexity index is 1290. The fourth-order valence-corrected chi connectivity index (χ4v) is 3.71. The number of nitrogens with zero attached hydrogens (tertiary/aromatic N) is 6. The molecule has 0 atom stereocenters. The van der Waals surface area contributed by atoms with Crippen molar-refractivity contribution in [1.29, 1.82) is 0 Å². The zero-order valence-electron chi connectivity index (χ0n) is 17.9. The molecule has 9 heteroatoms. The third-order valence-electron chi connectivity index (χ3n) is 5.67. The highest BCUT2D eigenvalue weighted by Crippen LogP contribution is 2.24. The van der Waals surface area contributed by atoms with Crippen LogP contribution < -0.4 is 10.2 Å². The molecule has 1 aliphatic rings. The lowest BCUT2D eigenvalue weighted by molar-refractivity contribution is 0.102. The van der Waals surface area contributed by atoms with Crippen molar-refractivity contribution in [2.75, 3.05) is 36.5 Å². The summed E-state index contributed by atoms with van der Waals surface area (Å²) < 4.78 is 7.42. The number of hydrogen-bond acceptors (Lipinski definition) is 7. The van der Waals surface area contributed by atoms with Gasteiger partial charge in [0.25, 0.3) is 5.91 Å². The van der Waals surface area contributed by atoms with Gasteiger partial charge >= 0.3 is 0 Å². The second kappa shape index (κ2) is 8.35. The molecule has 9 nitrogen and oxygen atoms in total. The van der Waals surface area contributed by atoms with Crippen molar-refractivity contribution < 1.29 is 9.53 Å². The van der Waals surface area contributed by atoms with Crippen molar-refractivity contribution in [2.45, 2.75) is 6.92 Å². The molecule has 32 heavy (non-hydrogen) atoms. The van der Waals surface area contributed by atoms with Crippen LogP contribution in [0.15, 0.2) is 48.9 Å². The lowest BCUT2D eigenvalue weighted by atomic mass is 10.1. The lowest BCUT2D eigenvalue weighted by Crippen LogP contribution is -2.36. The Labute approximate surface area is 185 Å². The Balaban J connectivity index is 1.39. The first-order valence-electron chi connectivity index (χ1n) is 10.4. The molecule has 4 aromatic rings. The van der Waals surface area contributed by atoms with Gasteiger partial charge in [-0.1, -0.05) is 12.1 Å². The van der Waals surface area contributed by atoms with E-state index >= 15 is 0 Å². The number of carbonyl (C=O) groups excluding carboxylic acids is 1. The maximum atomic E-state index is 12.8. The molecule has 1 fully saturated rings. The summed E-state index contributed by atoms with van der Waals surface area (Å²) in [6, 6.07) is 9.43. The Morgan fingerprint density at radius 3 is 2.69 bits per heavy atom. The van der Waals surface area contributed by atoms with Crippen LogP contribution >= 0.6 is 0 Å². The van der Waals surface area contributed by atoms with Gasteiger partial charge in [0.15, 0.2) is 0 Å². The van der Waals surface area contributed by atoms with E-state index in [1.165, 1.54) is 0 Å². The molecular formula is C23H23N7O2. The summed E-state index contributed by atoms with van der Waals surface area (Å²) in [4.78, 5) is 32.6. The number of imidazole rings is 1. The summed E-state index contributed by atoms with van der Waals surface area (Å²) in [6.45, 7) is 4.78. The average Bonchev–Trinajstić information content (AvgIpc) is 3.17. The number of carbonyl (C=O) groups is 1. The number of morpholine rings is 1. The summed E-state index contributed by atoms with van der Waals surface area (Å²) >= 11 is 0. The maximum absolute atomic E-state index is 12.8. The minimum Gasteiger partial charge on any atom is -0.378 e. The van der Waals surface area contributed by atoms with E-state index in [-0.39, 0.29) is 11.9 Å². The van der Waals surface area contributed by atoms with Gasteiger partial charge in [-0.2, -0.15) is 0 Å². The van der Waals surface area contributed by atoms with Crippen molar-refractivity contribution in [3.05, 3.63) is 60.3 Å². The van der Waals surface area contributed by atoms with Crippen LogP contribution in [0, 0.1) is 6.92 Å². The molecule has 5 rings (SSSR count). The fraction of sp³-hybridized carbons (Fsp3) is 0.261. The van der Waals surface area contributed by atoms with Crippen molar-refractivity contribution in [3.8, 4) is 11.3 Å². The van der Waals surface area contributed by atoms with Gasteiger partial charge in [-0.05, 0) is 25.1 Å². The predicted octanol–water partition coefficient (Wildman–Crippen LogP) is 2.82. The lowest BCUT2D eigenvalue weighted by Gasteiger charge is -2.27. The number of aromatic nitrogens is 5. The van der Waals surface area contributed by atoms with Crippen LogP contribution in [0.5, 0.6) is 0 Å². The highest BCUT2D eigenvalue weighted by molar-refractivity contribution is 6.04. The van der Waals surface area contributed by atoms with Gasteiger partial charge in [0.2, 0.25) is 5.95 Å². The van der Waals surface area contributed by atoms with Gasteiger partial charge in [0, 0.05) is 49.0 Å². The van der Waals surface area contributed by atoms with E-state index < -0.39 is 0 Å². The van der Waals surface area contributed by atoms with Crippen LogP contribution in [-0.4, -0.2) is 56.7 Å².